The molecule has 0 heterocycles. The van der Waals surface area contributed by atoms with Gasteiger partial charge in [0.1, 0.15) is 11.5 Å². The van der Waals surface area contributed by atoms with Crippen LogP contribution < -0.4 is 0 Å². The van der Waals surface area contributed by atoms with Gasteiger partial charge in [0.05, 0.1) is 5.60 Å². The molecule has 3 N–H and O–H groups in total. The van der Waals surface area contributed by atoms with E-state index in [1.807, 2.05) is 6.08 Å². The van der Waals surface area contributed by atoms with Gasteiger partial charge in [0, 0.05) is 6.07 Å². The molecule has 0 spiro atoms. The standard InChI is InChI=1S/C13H14O3/c14-10-3-9(4-11(15)5-10)1-2-12-6-13(16,7-12)8-12/h1-5,14-16H,6-8H2/b2-1+. The van der Waals surface area contributed by atoms with E-state index in [4.69, 9.17) is 0 Å². The van der Waals surface area contributed by atoms with Crippen LogP contribution in [-0.4, -0.2) is 20.9 Å². The lowest BCUT2D eigenvalue weighted by Crippen LogP contribution is -2.65. The van der Waals surface area contributed by atoms with Gasteiger partial charge in [-0.05, 0) is 42.4 Å². The minimum absolute atomic E-state index is 0.0656. The topological polar surface area (TPSA) is 60.7 Å². The maximum Gasteiger partial charge on any atom is 0.119 e. The largest absolute Gasteiger partial charge is 0.508 e. The number of phenolic OH excluding ortho intramolecular Hbond substituents is 2. The van der Waals surface area contributed by atoms with Crippen molar-refractivity contribution in [2.75, 3.05) is 0 Å². The molecule has 0 radical (unpaired) electrons. The minimum Gasteiger partial charge on any atom is -0.508 e. The summed E-state index contributed by atoms with van der Waals surface area (Å²) in [5, 5.41) is 28.2. The van der Waals surface area contributed by atoms with Crippen LogP contribution in [0.3, 0.4) is 0 Å². The number of phenols is 2. The van der Waals surface area contributed by atoms with Crippen molar-refractivity contribution >= 4 is 6.08 Å². The maximum atomic E-state index is 9.62. The quantitative estimate of drug-likeness (QED) is 0.711. The van der Waals surface area contributed by atoms with Crippen LogP contribution in [-0.2, 0) is 0 Å². The molecule has 3 fully saturated rings. The summed E-state index contributed by atoms with van der Waals surface area (Å²) in [4.78, 5) is 0. The molecule has 1 aromatic rings. The summed E-state index contributed by atoms with van der Waals surface area (Å²) in [5.41, 5.74) is 0.579. The van der Waals surface area contributed by atoms with Crippen LogP contribution in [0.2, 0.25) is 0 Å². The zero-order chi connectivity index (χ0) is 11.4. The Hall–Kier alpha value is -1.48. The lowest BCUT2D eigenvalue weighted by molar-refractivity contribution is -0.233. The van der Waals surface area contributed by atoms with E-state index in [1.165, 1.54) is 6.07 Å². The number of benzene rings is 1. The van der Waals surface area contributed by atoms with Crippen molar-refractivity contribution in [3.63, 3.8) is 0 Å². The van der Waals surface area contributed by atoms with Crippen molar-refractivity contribution in [2.24, 2.45) is 5.41 Å². The van der Waals surface area contributed by atoms with Crippen molar-refractivity contribution in [2.45, 2.75) is 24.9 Å². The molecular formula is C13H14O3. The van der Waals surface area contributed by atoms with Crippen LogP contribution in [0.4, 0.5) is 0 Å². The molecule has 0 aliphatic heterocycles. The van der Waals surface area contributed by atoms with Gasteiger partial charge < -0.3 is 15.3 Å². The Morgan fingerprint density at radius 1 is 1.00 bits per heavy atom. The highest BCUT2D eigenvalue weighted by Gasteiger charge is 2.65. The Labute approximate surface area is 93.7 Å². The van der Waals surface area contributed by atoms with Crippen LogP contribution >= 0.6 is 0 Å². The van der Waals surface area contributed by atoms with Crippen molar-refractivity contribution in [3.8, 4) is 11.5 Å². The summed E-state index contributed by atoms with van der Waals surface area (Å²) in [6, 6.07) is 4.52. The Morgan fingerprint density at radius 2 is 1.56 bits per heavy atom. The van der Waals surface area contributed by atoms with Crippen LogP contribution in [0.25, 0.3) is 6.08 Å². The average Bonchev–Trinajstić information content (AvgIpc) is 2.07. The van der Waals surface area contributed by atoms with Gasteiger partial charge in [0.15, 0.2) is 0 Å². The second-order valence-electron chi connectivity index (χ2n) is 5.23. The lowest BCUT2D eigenvalue weighted by atomic mass is 9.41. The highest BCUT2D eigenvalue weighted by molar-refractivity contribution is 5.56. The number of hydrogen-bond acceptors (Lipinski definition) is 3. The molecule has 0 unspecified atom stereocenters. The molecule has 2 bridgehead atoms. The van der Waals surface area contributed by atoms with Crippen LogP contribution in [0.1, 0.15) is 24.8 Å². The molecule has 3 nitrogen and oxygen atoms in total. The lowest BCUT2D eigenvalue weighted by Gasteiger charge is -2.66. The third kappa shape index (κ3) is 1.39. The predicted octanol–water partition coefficient (Wildman–Crippen LogP) is 2.03. The molecule has 0 saturated heterocycles. The number of hydrogen-bond donors (Lipinski definition) is 3. The van der Waals surface area contributed by atoms with E-state index >= 15 is 0 Å². The number of rotatable bonds is 2. The zero-order valence-corrected chi connectivity index (χ0v) is 8.85. The van der Waals surface area contributed by atoms with Gasteiger partial charge in [0.25, 0.3) is 0 Å². The molecular weight excluding hydrogens is 204 g/mol. The molecule has 3 aliphatic carbocycles. The monoisotopic (exact) mass is 218 g/mol. The minimum atomic E-state index is -0.384. The highest BCUT2D eigenvalue weighted by atomic mass is 16.3. The third-order valence-electron chi connectivity index (χ3n) is 3.60. The summed E-state index contributed by atoms with van der Waals surface area (Å²) in [6.45, 7) is 0. The molecule has 3 heteroatoms. The first kappa shape index (κ1) is 9.73. The van der Waals surface area contributed by atoms with Gasteiger partial charge >= 0.3 is 0 Å². The highest BCUT2D eigenvalue weighted by Crippen LogP contribution is 2.68. The predicted molar refractivity (Wildman–Crippen MR) is 60.0 cm³/mol. The fourth-order valence-corrected chi connectivity index (χ4v) is 2.97. The van der Waals surface area contributed by atoms with Gasteiger partial charge in [0.2, 0.25) is 0 Å². The van der Waals surface area contributed by atoms with E-state index in [0.717, 1.165) is 24.8 Å². The van der Waals surface area contributed by atoms with E-state index in [0.29, 0.717) is 0 Å². The first-order valence-corrected chi connectivity index (χ1v) is 5.43. The van der Waals surface area contributed by atoms with Crippen LogP contribution in [0.15, 0.2) is 24.3 Å². The van der Waals surface area contributed by atoms with Crippen molar-refractivity contribution in [1.82, 2.24) is 0 Å². The van der Waals surface area contributed by atoms with Crippen molar-refractivity contribution in [3.05, 3.63) is 29.8 Å². The number of aromatic hydroxyl groups is 2. The van der Waals surface area contributed by atoms with Crippen LogP contribution in [0, 0.1) is 5.41 Å². The first-order valence-electron chi connectivity index (χ1n) is 5.43. The smallest absolute Gasteiger partial charge is 0.119 e. The summed E-state index contributed by atoms with van der Waals surface area (Å²) in [6.07, 6.45) is 6.53. The van der Waals surface area contributed by atoms with E-state index in [9.17, 15) is 15.3 Å². The van der Waals surface area contributed by atoms with Crippen molar-refractivity contribution in [1.29, 1.82) is 0 Å². The second-order valence-corrected chi connectivity index (χ2v) is 5.23. The van der Waals surface area contributed by atoms with Crippen LogP contribution in [0.5, 0.6) is 11.5 Å². The van der Waals surface area contributed by atoms with E-state index in [1.54, 1.807) is 12.1 Å². The van der Waals surface area contributed by atoms with E-state index in [-0.39, 0.29) is 22.5 Å². The molecule has 16 heavy (non-hydrogen) atoms. The molecule has 3 aliphatic rings. The fourth-order valence-electron chi connectivity index (χ4n) is 2.97. The molecule has 4 rings (SSSR count). The van der Waals surface area contributed by atoms with E-state index in [2.05, 4.69) is 6.08 Å². The average molecular weight is 218 g/mol. The van der Waals surface area contributed by atoms with Gasteiger partial charge in [-0.1, -0.05) is 12.2 Å². The molecule has 84 valence electrons. The normalized spacial score (nSPS) is 35.8. The van der Waals surface area contributed by atoms with Gasteiger partial charge in [-0.2, -0.15) is 0 Å². The fraction of sp³-hybridized carbons (Fsp3) is 0.385. The van der Waals surface area contributed by atoms with Gasteiger partial charge in [-0.15, -0.1) is 0 Å². The Balaban J connectivity index is 1.77. The summed E-state index contributed by atoms with van der Waals surface area (Å²) >= 11 is 0. The first-order chi connectivity index (χ1) is 7.49. The zero-order valence-electron chi connectivity index (χ0n) is 8.85. The molecule has 1 aromatic carbocycles. The summed E-state index contributed by atoms with van der Waals surface area (Å²) in [7, 11) is 0. The number of allylic oxidation sites excluding steroid dienone is 1. The molecule has 0 atom stereocenters. The maximum absolute atomic E-state index is 9.62. The number of aliphatic hydroxyl groups is 1. The SMILES string of the molecule is Oc1cc(O)cc(/C=C/C23CC(O)(C2)C3)c1. The summed E-state index contributed by atoms with van der Waals surface area (Å²) < 4.78 is 0. The van der Waals surface area contributed by atoms with E-state index < -0.39 is 0 Å². The Bertz CT molecular complexity index is 436. The van der Waals surface area contributed by atoms with Gasteiger partial charge in [-0.25, -0.2) is 0 Å². The third-order valence-corrected chi connectivity index (χ3v) is 3.60. The molecule has 0 amide bonds. The molecule has 0 aromatic heterocycles. The molecule has 3 saturated carbocycles. The summed E-state index contributed by atoms with van der Waals surface area (Å²) in [5.74, 6) is 0.131. The second kappa shape index (κ2) is 2.80. The van der Waals surface area contributed by atoms with Crippen molar-refractivity contribution < 1.29 is 15.3 Å². The Morgan fingerprint density at radius 3 is 2.06 bits per heavy atom. The van der Waals surface area contributed by atoms with Gasteiger partial charge in [-0.3, -0.25) is 0 Å². The Kier molecular flexibility index (Phi) is 1.70.